The van der Waals surface area contributed by atoms with Crippen molar-refractivity contribution in [1.29, 1.82) is 0 Å². The zero-order chi connectivity index (χ0) is 25.2. The Morgan fingerprint density at radius 3 is 2.54 bits per heavy atom. The molecule has 35 heavy (non-hydrogen) atoms. The second-order valence-electron chi connectivity index (χ2n) is 9.71. The summed E-state index contributed by atoms with van der Waals surface area (Å²) in [5.74, 6) is -2.92. The van der Waals surface area contributed by atoms with E-state index in [4.69, 9.17) is 0 Å². The first-order chi connectivity index (χ1) is 16.7. The fraction of sp³-hybridized carbons (Fsp3) is 0.462. The Morgan fingerprint density at radius 2 is 1.89 bits per heavy atom. The van der Waals surface area contributed by atoms with Crippen molar-refractivity contribution in [1.82, 2.24) is 20.1 Å². The van der Waals surface area contributed by atoms with Crippen LogP contribution in [0.1, 0.15) is 55.6 Å². The van der Waals surface area contributed by atoms with E-state index in [2.05, 4.69) is 24.1 Å². The number of nitrogens with one attached hydrogen (secondary N) is 1. The first-order valence-electron chi connectivity index (χ1n) is 12.0. The normalized spacial score (nSPS) is 21.1. The Kier molecular flexibility index (Phi) is 7.14. The topological polar surface area (TPSA) is 82.6 Å². The maximum absolute atomic E-state index is 14.2. The molecule has 2 aliphatic heterocycles. The second kappa shape index (κ2) is 10.1. The number of benzene rings is 1. The van der Waals surface area contributed by atoms with Gasteiger partial charge in [0.1, 0.15) is 5.54 Å². The van der Waals surface area contributed by atoms with Crippen LogP contribution in [0, 0.1) is 23.5 Å². The highest BCUT2D eigenvalue weighted by molar-refractivity contribution is 6.07. The SMILES string of the molecule is CC(C)CC[C@@]1(C2CCN(C(=O)c3cccc(F)c3F)CC2)NC(=O)N(Cc2ccccn2)C1=O. The lowest BCUT2D eigenvalue weighted by molar-refractivity contribution is -0.134. The van der Waals surface area contributed by atoms with Crippen molar-refractivity contribution in [2.45, 2.75) is 51.6 Å². The van der Waals surface area contributed by atoms with Crippen LogP contribution >= 0.6 is 0 Å². The lowest BCUT2D eigenvalue weighted by Gasteiger charge is -2.41. The van der Waals surface area contributed by atoms with Crippen molar-refractivity contribution < 1.29 is 23.2 Å². The molecule has 0 radical (unpaired) electrons. The molecule has 2 aromatic rings. The van der Waals surface area contributed by atoms with Gasteiger partial charge in [0, 0.05) is 19.3 Å². The summed E-state index contributed by atoms with van der Waals surface area (Å²) < 4.78 is 27.8. The summed E-state index contributed by atoms with van der Waals surface area (Å²) in [4.78, 5) is 46.4. The van der Waals surface area contributed by atoms with E-state index in [1.165, 1.54) is 21.9 Å². The van der Waals surface area contributed by atoms with Gasteiger partial charge >= 0.3 is 6.03 Å². The smallest absolute Gasteiger partial charge is 0.325 e. The maximum atomic E-state index is 14.2. The quantitative estimate of drug-likeness (QED) is 0.599. The highest BCUT2D eigenvalue weighted by Gasteiger charge is 2.55. The molecule has 2 saturated heterocycles. The molecule has 186 valence electrons. The summed E-state index contributed by atoms with van der Waals surface area (Å²) in [5.41, 5.74) is -0.743. The van der Waals surface area contributed by atoms with Gasteiger partial charge in [-0.25, -0.2) is 13.6 Å². The molecule has 0 aliphatic carbocycles. The highest BCUT2D eigenvalue weighted by atomic mass is 19.2. The van der Waals surface area contributed by atoms with E-state index >= 15 is 0 Å². The first-order valence-corrected chi connectivity index (χ1v) is 12.0. The van der Waals surface area contributed by atoms with Crippen molar-refractivity contribution in [2.75, 3.05) is 13.1 Å². The van der Waals surface area contributed by atoms with Crippen LogP contribution in [-0.2, 0) is 11.3 Å². The minimum absolute atomic E-state index is 0.0884. The van der Waals surface area contributed by atoms with Crippen LogP contribution in [0.2, 0.25) is 0 Å². The number of carbonyl (C=O) groups excluding carboxylic acids is 3. The average molecular weight is 485 g/mol. The minimum Gasteiger partial charge on any atom is -0.339 e. The summed E-state index contributed by atoms with van der Waals surface area (Å²) in [6.45, 7) is 4.79. The van der Waals surface area contributed by atoms with Crippen LogP contribution in [0.25, 0.3) is 0 Å². The average Bonchev–Trinajstić information content (AvgIpc) is 3.10. The number of hydrogen-bond donors (Lipinski definition) is 1. The number of hydrogen-bond acceptors (Lipinski definition) is 4. The van der Waals surface area contributed by atoms with Gasteiger partial charge in [-0.05, 0) is 61.8 Å². The van der Waals surface area contributed by atoms with Gasteiger partial charge in [-0.15, -0.1) is 0 Å². The van der Waals surface area contributed by atoms with Crippen molar-refractivity contribution in [3.8, 4) is 0 Å². The van der Waals surface area contributed by atoms with Crippen LogP contribution in [0.5, 0.6) is 0 Å². The van der Waals surface area contributed by atoms with Gasteiger partial charge in [-0.1, -0.05) is 26.0 Å². The van der Waals surface area contributed by atoms with E-state index in [9.17, 15) is 23.2 Å². The minimum atomic E-state index is -1.16. The second-order valence-corrected chi connectivity index (χ2v) is 9.71. The van der Waals surface area contributed by atoms with Gasteiger partial charge < -0.3 is 10.2 Å². The largest absolute Gasteiger partial charge is 0.339 e. The van der Waals surface area contributed by atoms with Crippen molar-refractivity contribution in [2.24, 2.45) is 11.8 Å². The van der Waals surface area contributed by atoms with E-state index in [0.29, 0.717) is 30.9 Å². The molecule has 3 heterocycles. The summed E-state index contributed by atoms with van der Waals surface area (Å²) in [6, 6.07) is 8.46. The molecule has 7 nitrogen and oxygen atoms in total. The lowest BCUT2D eigenvalue weighted by Crippen LogP contribution is -2.56. The zero-order valence-corrected chi connectivity index (χ0v) is 20.0. The molecule has 1 aromatic carbocycles. The van der Waals surface area contributed by atoms with E-state index in [-0.39, 0.29) is 37.0 Å². The fourth-order valence-electron chi connectivity index (χ4n) is 5.02. The Balaban J connectivity index is 1.52. The predicted octanol–water partition coefficient (Wildman–Crippen LogP) is 4.14. The Morgan fingerprint density at radius 1 is 1.14 bits per heavy atom. The summed E-state index contributed by atoms with van der Waals surface area (Å²) in [6.07, 6.45) is 3.78. The molecule has 4 amide bonds. The number of piperidine rings is 1. The van der Waals surface area contributed by atoms with Crippen LogP contribution in [0.3, 0.4) is 0 Å². The number of rotatable bonds is 7. The fourth-order valence-corrected chi connectivity index (χ4v) is 5.02. The van der Waals surface area contributed by atoms with Crippen molar-refractivity contribution in [3.63, 3.8) is 0 Å². The lowest BCUT2D eigenvalue weighted by atomic mass is 9.73. The van der Waals surface area contributed by atoms with Crippen LogP contribution < -0.4 is 5.32 Å². The molecule has 9 heteroatoms. The van der Waals surface area contributed by atoms with Gasteiger partial charge in [0.05, 0.1) is 17.8 Å². The van der Waals surface area contributed by atoms with Gasteiger partial charge in [0.2, 0.25) is 0 Å². The molecule has 0 saturated carbocycles. The molecule has 4 rings (SSSR count). The van der Waals surface area contributed by atoms with Gasteiger partial charge in [0.25, 0.3) is 11.8 Å². The third kappa shape index (κ3) is 4.90. The molecule has 1 atom stereocenters. The number of carbonyl (C=O) groups is 3. The molecule has 0 spiro atoms. The molecule has 2 aliphatic rings. The number of pyridine rings is 1. The summed E-state index contributed by atoms with van der Waals surface area (Å²) in [5, 5.41) is 3.00. The third-order valence-corrected chi connectivity index (χ3v) is 7.03. The summed E-state index contributed by atoms with van der Waals surface area (Å²) in [7, 11) is 0. The number of amides is 4. The molecule has 2 fully saturated rings. The molecular weight excluding hydrogens is 454 g/mol. The summed E-state index contributed by atoms with van der Waals surface area (Å²) >= 11 is 0. The number of aromatic nitrogens is 1. The standard InChI is InChI=1S/C26H30F2N4O3/c1-17(2)9-12-26(24(34)32(25(35)30-26)16-19-6-3-4-13-29-19)18-10-14-31(15-11-18)23(33)20-7-5-8-21(27)22(20)28/h3-8,13,17-18H,9-12,14-16H2,1-2H3,(H,30,35)/t26-/m0/s1. The zero-order valence-electron chi connectivity index (χ0n) is 20.0. The first kappa shape index (κ1) is 24.8. The maximum Gasteiger partial charge on any atom is 0.325 e. The van der Waals surface area contributed by atoms with Gasteiger partial charge in [0.15, 0.2) is 11.6 Å². The number of imide groups is 1. The molecule has 1 N–H and O–H groups in total. The third-order valence-electron chi connectivity index (χ3n) is 7.03. The number of urea groups is 1. The van der Waals surface area contributed by atoms with Crippen molar-refractivity contribution >= 4 is 17.8 Å². The van der Waals surface area contributed by atoms with Crippen LogP contribution in [0.15, 0.2) is 42.6 Å². The number of nitrogens with zero attached hydrogens (tertiary/aromatic N) is 3. The monoisotopic (exact) mass is 484 g/mol. The number of halogens is 2. The van der Waals surface area contributed by atoms with E-state index in [1.54, 1.807) is 24.4 Å². The van der Waals surface area contributed by atoms with E-state index < -0.39 is 29.1 Å². The Labute approximate surface area is 203 Å². The van der Waals surface area contributed by atoms with E-state index in [0.717, 1.165) is 12.5 Å². The molecule has 0 bridgehead atoms. The molecule has 0 unspecified atom stereocenters. The highest BCUT2D eigenvalue weighted by Crippen LogP contribution is 2.38. The van der Waals surface area contributed by atoms with Crippen LogP contribution in [-0.4, -0.2) is 51.3 Å². The van der Waals surface area contributed by atoms with Crippen LogP contribution in [0.4, 0.5) is 13.6 Å². The number of likely N-dealkylation sites (tertiary alicyclic amines) is 1. The Bertz CT molecular complexity index is 1100. The van der Waals surface area contributed by atoms with Crippen molar-refractivity contribution in [3.05, 3.63) is 65.5 Å². The van der Waals surface area contributed by atoms with Gasteiger partial charge in [-0.3, -0.25) is 19.5 Å². The predicted molar refractivity (Wildman–Crippen MR) is 125 cm³/mol. The Hall–Kier alpha value is -3.36. The van der Waals surface area contributed by atoms with Gasteiger partial charge in [-0.2, -0.15) is 0 Å². The molecular formula is C26H30F2N4O3. The molecule has 1 aromatic heterocycles. The van der Waals surface area contributed by atoms with E-state index in [1.807, 2.05) is 0 Å².